The number of likely N-dealkylation sites (N-methyl/N-ethyl adjacent to an activating group) is 2. The van der Waals surface area contributed by atoms with Crippen molar-refractivity contribution in [1.82, 2.24) is 15.1 Å². The van der Waals surface area contributed by atoms with Crippen molar-refractivity contribution in [3.05, 3.63) is 0 Å². The van der Waals surface area contributed by atoms with Gasteiger partial charge in [0.05, 0.1) is 0 Å². The molecule has 21 heavy (non-hydrogen) atoms. The van der Waals surface area contributed by atoms with E-state index in [1.807, 2.05) is 0 Å². The number of likely N-dealkylation sites (tertiary alicyclic amines) is 1. The number of nitrogens with one attached hydrogen (secondary N) is 1. The molecule has 3 heteroatoms. The van der Waals surface area contributed by atoms with Crippen molar-refractivity contribution in [3.8, 4) is 0 Å². The first kappa shape index (κ1) is 17.2. The van der Waals surface area contributed by atoms with E-state index in [4.69, 9.17) is 0 Å². The lowest BCUT2D eigenvalue weighted by Crippen LogP contribution is -2.51. The summed E-state index contributed by atoms with van der Waals surface area (Å²) < 4.78 is 0. The zero-order valence-electron chi connectivity index (χ0n) is 14.8. The highest BCUT2D eigenvalue weighted by molar-refractivity contribution is 4.91. The van der Waals surface area contributed by atoms with Gasteiger partial charge in [-0.25, -0.2) is 0 Å². The maximum atomic E-state index is 3.65. The first-order valence-corrected chi connectivity index (χ1v) is 9.14. The summed E-state index contributed by atoms with van der Waals surface area (Å²) in [6, 6.07) is 0.765. The molecule has 1 N–H and O–H groups in total. The molecule has 2 aliphatic rings. The molecule has 1 aliphatic carbocycles. The molecule has 1 aliphatic heterocycles. The lowest BCUT2D eigenvalue weighted by molar-refractivity contribution is 0.0550. The van der Waals surface area contributed by atoms with Crippen molar-refractivity contribution < 1.29 is 0 Å². The average Bonchev–Trinajstić information content (AvgIpc) is 2.48. The fourth-order valence-corrected chi connectivity index (χ4v) is 4.31. The Morgan fingerprint density at radius 2 is 1.95 bits per heavy atom. The van der Waals surface area contributed by atoms with E-state index in [1.54, 1.807) is 0 Å². The van der Waals surface area contributed by atoms with Crippen LogP contribution in [0.1, 0.15) is 52.4 Å². The predicted octanol–water partition coefficient (Wildman–Crippen LogP) is 2.82. The van der Waals surface area contributed by atoms with Crippen LogP contribution in [0.15, 0.2) is 0 Å². The summed E-state index contributed by atoms with van der Waals surface area (Å²) in [5, 5.41) is 3.65. The van der Waals surface area contributed by atoms with Gasteiger partial charge < -0.3 is 15.1 Å². The van der Waals surface area contributed by atoms with E-state index in [0.29, 0.717) is 5.41 Å². The lowest BCUT2D eigenvalue weighted by atomic mass is 9.70. The molecule has 3 nitrogen and oxygen atoms in total. The number of hydrogen-bond acceptors (Lipinski definition) is 3. The van der Waals surface area contributed by atoms with Gasteiger partial charge in [-0.2, -0.15) is 0 Å². The Hall–Kier alpha value is -0.120. The zero-order chi connectivity index (χ0) is 15.3. The molecule has 2 fully saturated rings. The van der Waals surface area contributed by atoms with Crippen LogP contribution >= 0.6 is 0 Å². The summed E-state index contributed by atoms with van der Waals surface area (Å²) in [5.74, 6) is 0.936. The Bertz CT molecular complexity index is 291. The molecule has 1 heterocycles. The van der Waals surface area contributed by atoms with E-state index in [1.165, 1.54) is 64.7 Å². The minimum Gasteiger partial charge on any atom is -0.316 e. The third-order valence-electron chi connectivity index (χ3n) is 5.89. The van der Waals surface area contributed by atoms with Crippen molar-refractivity contribution in [1.29, 1.82) is 0 Å². The van der Waals surface area contributed by atoms with Crippen LogP contribution in [0.4, 0.5) is 0 Å². The van der Waals surface area contributed by atoms with Gasteiger partial charge in [-0.3, -0.25) is 0 Å². The number of piperidine rings is 1. The van der Waals surface area contributed by atoms with Crippen LogP contribution in [-0.4, -0.2) is 62.7 Å². The summed E-state index contributed by atoms with van der Waals surface area (Å²) >= 11 is 0. The van der Waals surface area contributed by atoms with Crippen LogP contribution in [-0.2, 0) is 0 Å². The fourth-order valence-electron chi connectivity index (χ4n) is 4.31. The Labute approximate surface area is 132 Å². The third kappa shape index (κ3) is 4.94. The minimum absolute atomic E-state index is 0.521. The highest BCUT2D eigenvalue weighted by atomic mass is 15.2. The smallest absolute Gasteiger partial charge is 0.0220 e. The van der Waals surface area contributed by atoms with E-state index < -0.39 is 0 Å². The Balaban J connectivity index is 1.93. The zero-order valence-corrected chi connectivity index (χ0v) is 14.8. The second-order valence-corrected chi connectivity index (χ2v) is 7.94. The van der Waals surface area contributed by atoms with Crippen molar-refractivity contribution >= 4 is 0 Å². The topological polar surface area (TPSA) is 18.5 Å². The Kier molecular flexibility index (Phi) is 6.51. The van der Waals surface area contributed by atoms with Gasteiger partial charge in [0, 0.05) is 25.7 Å². The van der Waals surface area contributed by atoms with Crippen LogP contribution in [0.5, 0.6) is 0 Å². The van der Waals surface area contributed by atoms with E-state index >= 15 is 0 Å². The van der Waals surface area contributed by atoms with Gasteiger partial charge in [-0.05, 0) is 64.2 Å². The average molecular weight is 296 g/mol. The molecule has 0 bridgehead atoms. The normalized spacial score (nSPS) is 35.3. The van der Waals surface area contributed by atoms with Crippen LogP contribution in [0, 0.1) is 11.3 Å². The molecule has 0 aromatic carbocycles. The molecule has 0 radical (unpaired) electrons. The maximum absolute atomic E-state index is 3.65. The van der Waals surface area contributed by atoms with Crippen molar-refractivity contribution in [2.45, 2.75) is 58.4 Å². The number of hydrogen-bond donors (Lipinski definition) is 1. The predicted molar refractivity (Wildman–Crippen MR) is 91.8 cm³/mol. The van der Waals surface area contributed by atoms with Gasteiger partial charge in [-0.15, -0.1) is 0 Å². The van der Waals surface area contributed by atoms with E-state index in [0.717, 1.165) is 18.5 Å². The second kappa shape index (κ2) is 7.94. The monoisotopic (exact) mass is 295 g/mol. The minimum atomic E-state index is 0.521. The molecule has 0 spiro atoms. The van der Waals surface area contributed by atoms with Crippen LogP contribution in [0.2, 0.25) is 0 Å². The maximum Gasteiger partial charge on any atom is 0.0220 e. The number of nitrogens with zero attached hydrogens (tertiary/aromatic N) is 2. The largest absolute Gasteiger partial charge is 0.316 e. The molecule has 0 aromatic heterocycles. The SMILES string of the molecule is CCNCC1(CN(C)C2CCCN(C)C2)CCC(C)CC1. The molecule has 124 valence electrons. The van der Waals surface area contributed by atoms with Crippen LogP contribution in [0.3, 0.4) is 0 Å². The van der Waals surface area contributed by atoms with Crippen molar-refractivity contribution in [2.75, 3.05) is 46.8 Å². The summed E-state index contributed by atoms with van der Waals surface area (Å²) in [4.78, 5) is 5.19. The second-order valence-electron chi connectivity index (χ2n) is 7.94. The first-order valence-electron chi connectivity index (χ1n) is 9.14. The quantitative estimate of drug-likeness (QED) is 0.813. The molecule has 1 saturated heterocycles. The van der Waals surface area contributed by atoms with Crippen molar-refractivity contribution in [2.24, 2.45) is 11.3 Å². The Morgan fingerprint density at radius 3 is 2.57 bits per heavy atom. The Morgan fingerprint density at radius 1 is 1.24 bits per heavy atom. The first-order chi connectivity index (χ1) is 10.0. The molecule has 1 unspecified atom stereocenters. The molecule has 1 atom stereocenters. The molecule has 1 saturated carbocycles. The highest BCUT2D eigenvalue weighted by Crippen LogP contribution is 2.39. The number of rotatable bonds is 6. The lowest BCUT2D eigenvalue weighted by Gasteiger charge is -2.45. The summed E-state index contributed by atoms with van der Waals surface area (Å²) in [6.07, 6.45) is 8.41. The summed E-state index contributed by atoms with van der Waals surface area (Å²) in [5.41, 5.74) is 0.521. The standard InChI is InChI=1S/C18H37N3/c1-5-19-14-18(10-8-16(2)9-11-18)15-21(4)17-7-6-12-20(3)13-17/h16-17,19H,5-15H2,1-4H3. The highest BCUT2D eigenvalue weighted by Gasteiger charge is 2.36. The van der Waals surface area contributed by atoms with Crippen LogP contribution < -0.4 is 5.32 Å². The van der Waals surface area contributed by atoms with Gasteiger partial charge in [0.2, 0.25) is 0 Å². The van der Waals surface area contributed by atoms with E-state index in [9.17, 15) is 0 Å². The van der Waals surface area contributed by atoms with Crippen LogP contribution in [0.25, 0.3) is 0 Å². The molecular weight excluding hydrogens is 258 g/mol. The van der Waals surface area contributed by atoms with Crippen molar-refractivity contribution in [3.63, 3.8) is 0 Å². The molecule has 0 amide bonds. The molecule has 2 rings (SSSR count). The van der Waals surface area contributed by atoms with Gasteiger partial charge in [0.15, 0.2) is 0 Å². The van der Waals surface area contributed by atoms with E-state index in [-0.39, 0.29) is 0 Å². The van der Waals surface area contributed by atoms with Gasteiger partial charge in [-0.1, -0.05) is 26.7 Å². The third-order valence-corrected chi connectivity index (χ3v) is 5.89. The summed E-state index contributed by atoms with van der Waals surface area (Å²) in [7, 11) is 4.65. The fraction of sp³-hybridized carbons (Fsp3) is 1.00. The molecular formula is C18H37N3. The molecule has 0 aromatic rings. The van der Waals surface area contributed by atoms with Gasteiger partial charge in [0.25, 0.3) is 0 Å². The van der Waals surface area contributed by atoms with E-state index in [2.05, 4.69) is 43.1 Å². The van der Waals surface area contributed by atoms with Gasteiger partial charge >= 0.3 is 0 Å². The summed E-state index contributed by atoms with van der Waals surface area (Å²) in [6.45, 7) is 10.8. The van der Waals surface area contributed by atoms with Gasteiger partial charge in [0.1, 0.15) is 0 Å².